The summed E-state index contributed by atoms with van der Waals surface area (Å²) >= 11 is 0. The summed E-state index contributed by atoms with van der Waals surface area (Å²) in [5.41, 5.74) is 0. The van der Waals surface area contributed by atoms with Gasteiger partial charge >= 0.3 is 12.0 Å². The van der Waals surface area contributed by atoms with E-state index < -0.39 is 0 Å². The van der Waals surface area contributed by atoms with Crippen molar-refractivity contribution < 1.29 is 19.1 Å². The Balaban J connectivity index is 1.56. The van der Waals surface area contributed by atoms with Crippen molar-refractivity contribution in [3.63, 3.8) is 0 Å². The van der Waals surface area contributed by atoms with Gasteiger partial charge in [-0.2, -0.15) is 0 Å². The van der Waals surface area contributed by atoms with E-state index in [1.54, 1.807) is 0 Å². The summed E-state index contributed by atoms with van der Waals surface area (Å²) in [4.78, 5) is 37.4. The van der Waals surface area contributed by atoms with E-state index in [0.717, 1.165) is 25.7 Å². The number of hydrogen-bond acceptors (Lipinski definition) is 4. The lowest BCUT2D eigenvalue weighted by atomic mass is 10.0. The minimum absolute atomic E-state index is 0.0404. The molecule has 0 aromatic carbocycles. The zero-order valence-electron chi connectivity index (χ0n) is 12.3. The number of esters is 1. The zero-order chi connectivity index (χ0) is 15.0. The van der Waals surface area contributed by atoms with Crippen LogP contribution in [0.15, 0.2) is 0 Å². The molecule has 0 aromatic rings. The predicted octanol–water partition coefficient (Wildman–Crippen LogP) is 1.23. The Morgan fingerprint density at radius 3 is 2.43 bits per heavy atom. The van der Waals surface area contributed by atoms with Crippen LogP contribution in [0.4, 0.5) is 4.79 Å². The van der Waals surface area contributed by atoms with Gasteiger partial charge in [-0.25, -0.2) is 4.79 Å². The molecule has 2 aliphatic heterocycles. The molecule has 2 heterocycles. The molecule has 2 amide bonds. The highest BCUT2D eigenvalue weighted by atomic mass is 16.5. The summed E-state index contributed by atoms with van der Waals surface area (Å²) in [6.07, 6.45) is 5.09. The van der Waals surface area contributed by atoms with Crippen molar-refractivity contribution in [2.75, 3.05) is 7.11 Å². The highest BCUT2D eigenvalue weighted by Gasteiger charge is 2.43. The number of carbonyl (C=O) groups is 3. The topological polar surface area (TPSA) is 75.7 Å². The van der Waals surface area contributed by atoms with Crippen molar-refractivity contribution in [1.29, 1.82) is 0 Å². The number of urea groups is 1. The number of hydrogen-bond donors (Lipinski definition) is 1. The van der Waals surface area contributed by atoms with Crippen molar-refractivity contribution in [2.45, 2.75) is 63.1 Å². The number of methoxy groups -OCH3 is 1. The van der Waals surface area contributed by atoms with Gasteiger partial charge in [-0.05, 0) is 32.1 Å². The summed E-state index contributed by atoms with van der Waals surface area (Å²) in [7, 11) is 1.40. The van der Waals surface area contributed by atoms with Gasteiger partial charge in [0.25, 0.3) is 0 Å². The Labute approximate surface area is 124 Å². The largest absolute Gasteiger partial charge is 0.469 e. The maximum Gasteiger partial charge on any atom is 0.318 e. The SMILES string of the molecule is COC(=O)[C@H]1CC[C@@H](NC(=O)N2[C@H]3CC[C@H]2CC(=O)C3)C1. The fourth-order valence-corrected chi connectivity index (χ4v) is 4.05. The molecular weight excluding hydrogens is 272 g/mol. The quantitative estimate of drug-likeness (QED) is 0.777. The van der Waals surface area contributed by atoms with E-state index in [-0.39, 0.29) is 41.8 Å². The van der Waals surface area contributed by atoms with Crippen LogP contribution in [0.5, 0.6) is 0 Å². The van der Waals surface area contributed by atoms with E-state index >= 15 is 0 Å². The molecule has 1 aliphatic carbocycles. The number of piperidine rings is 1. The number of ether oxygens (including phenoxy) is 1. The Morgan fingerprint density at radius 2 is 1.81 bits per heavy atom. The second kappa shape index (κ2) is 5.66. The number of rotatable bonds is 2. The van der Waals surface area contributed by atoms with E-state index in [0.29, 0.717) is 19.3 Å². The molecule has 4 atom stereocenters. The van der Waals surface area contributed by atoms with E-state index in [1.165, 1.54) is 7.11 Å². The first-order chi connectivity index (χ1) is 10.1. The Hall–Kier alpha value is -1.59. The molecule has 0 aromatic heterocycles. The summed E-state index contributed by atoms with van der Waals surface area (Å²) in [5.74, 6) is -0.00600. The number of fused-ring (bicyclic) bond motifs is 2. The first-order valence-corrected chi connectivity index (χ1v) is 7.77. The van der Waals surface area contributed by atoms with Gasteiger partial charge in [-0.1, -0.05) is 0 Å². The lowest BCUT2D eigenvalue weighted by Gasteiger charge is -2.34. The molecule has 0 spiro atoms. The van der Waals surface area contributed by atoms with Gasteiger partial charge in [-0.15, -0.1) is 0 Å². The molecule has 3 rings (SSSR count). The first-order valence-electron chi connectivity index (χ1n) is 7.77. The van der Waals surface area contributed by atoms with E-state index in [2.05, 4.69) is 5.32 Å². The van der Waals surface area contributed by atoms with Crippen LogP contribution in [-0.4, -0.2) is 47.9 Å². The Morgan fingerprint density at radius 1 is 1.14 bits per heavy atom. The van der Waals surface area contributed by atoms with Crippen LogP contribution >= 0.6 is 0 Å². The third kappa shape index (κ3) is 2.76. The van der Waals surface area contributed by atoms with Gasteiger partial charge in [0.15, 0.2) is 0 Å². The molecule has 2 saturated heterocycles. The lowest BCUT2D eigenvalue weighted by Crippen LogP contribution is -2.52. The Kier molecular flexibility index (Phi) is 3.87. The lowest BCUT2D eigenvalue weighted by molar-refractivity contribution is -0.145. The van der Waals surface area contributed by atoms with Crippen LogP contribution in [0, 0.1) is 5.92 Å². The van der Waals surface area contributed by atoms with Crippen LogP contribution < -0.4 is 5.32 Å². The van der Waals surface area contributed by atoms with Gasteiger partial charge in [0.05, 0.1) is 13.0 Å². The van der Waals surface area contributed by atoms with Crippen molar-refractivity contribution in [2.24, 2.45) is 5.92 Å². The van der Waals surface area contributed by atoms with Crippen molar-refractivity contribution in [3.05, 3.63) is 0 Å². The van der Waals surface area contributed by atoms with Crippen molar-refractivity contribution in [1.82, 2.24) is 10.2 Å². The number of ketones is 1. The normalized spacial score (nSPS) is 34.9. The van der Waals surface area contributed by atoms with Gasteiger partial charge in [0.2, 0.25) is 0 Å². The number of nitrogens with zero attached hydrogens (tertiary/aromatic N) is 1. The van der Waals surface area contributed by atoms with Crippen molar-refractivity contribution in [3.8, 4) is 0 Å². The summed E-state index contributed by atoms with van der Waals surface area (Å²) < 4.78 is 4.76. The predicted molar refractivity (Wildman–Crippen MR) is 74.6 cm³/mol. The van der Waals surface area contributed by atoms with Crippen LogP contribution in [0.3, 0.4) is 0 Å². The minimum atomic E-state index is -0.185. The second-order valence-electron chi connectivity index (χ2n) is 6.42. The highest BCUT2D eigenvalue weighted by Crippen LogP contribution is 2.34. The maximum atomic E-state index is 12.5. The van der Waals surface area contributed by atoms with Crippen LogP contribution in [0.1, 0.15) is 44.9 Å². The van der Waals surface area contributed by atoms with E-state index in [9.17, 15) is 14.4 Å². The molecule has 1 N–H and O–H groups in total. The van der Waals surface area contributed by atoms with Gasteiger partial charge in [0, 0.05) is 31.0 Å². The molecule has 1 saturated carbocycles. The smallest absolute Gasteiger partial charge is 0.318 e. The van der Waals surface area contributed by atoms with Crippen LogP contribution in [0.25, 0.3) is 0 Å². The minimum Gasteiger partial charge on any atom is -0.469 e. The number of Topliss-reactive ketones (excluding diaryl/α,β-unsaturated/α-hetero) is 1. The molecular formula is C15H22N2O4. The number of nitrogens with one attached hydrogen (secondary N) is 1. The summed E-state index contributed by atoms with van der Waals surface area (Å²) in [6, 6.07) is 0.132. The van der Waals surface area contributed by atoms with Crippen LogP contribution in [0.2, 0.25) is 0 Å². The fraction of sp³-hybridized carbons (Fsp3) is 0.800. The summed E-state index contributed by atoms with van der Waals surface area (Å²) in [6.45, 7) is 0. The van der Waals surface area contributed by atoms with Gasteiger partial charge < -0.3 is 15.0 Å². The van der Waals surface area contributed by atoms with Crippen LogP contribution in [-0.2, 0) is 14.3 Å². The molecule has 3 aliphatic rings. The average Bonchev–Trinajstić information content (AvgIpc) is 3.01. The third-order valence-corrected chi connectivity index (χ3v) is 5.08. The molecule has 116 valence electrons. The number of carbonyl (C=O) groups excluding carboxylic acids is 3. The van der Waals surface area contributed by atoms with Crippen molar-refractivity contribution >= 4 is 17.8 Å². The second-order valence-corrected chi connectivity index (χ2v) is 6.42. The summed E-state index contributed by atoms with van der Waals surface area (Å²) in [5, 5.41) is 3.04. The Bertz CT molecular complexity index is 449. The first kappa shape index (κ1) is 14.4. The van der Waals surface area contributed by atoms with E-state index in [4.69, 9.17) is 4.74 Å². The molecule has 2 bridgehead atoms. The van der Waals surface area contributed by atoms with Gasteiger partial charge in [0.1, 0.15) is 5.78 Å². The standard InChI is InChI=1S/C15H22N2O4/c1-21-14(19)9-2-3-10(6-9)16-15(20)17-11-4-5-12(17)8-13(18)7-11/h9-12H,2-8H2,1H3,(H,16,20)/t9-,10+,11-,12-/m0/s1. The molecule has 6 heteroatoms. The molecule has 0 radical (unpaired) electrons. The highest BCUT2D eigenvalue weighted by molar-refractivity contribution is 5.85. The van der Waals surface area contributed by atoms with Gasteiger partial charge in [-0.3, -0.25) is 9.59 Å². The zero-order valence-corrected chi connectivity index (χ0v) is 12.3. The third-order valence-electron chi connectivity index (χ3n) is 5.08. The molecule has 6 nitrogen and oxygen atoms in total. The molecule has 21 heavy (non-hydrogen) atoms. The van der Waals surface area contributed by atoms with E-state index in [1.807, 2.05) is 4.90 Å². The average molecular weight is 294 g/mol. The molecule has 0 unspecified atom stereocenters. The number of amides is 2. The molecule has 3 fully saturated rings. The fourth-order valence-electron chi connectivity index (χ4n) is 4.05. The monoisotopic (exact) mass is 294 g/mol. The maximum absolute atomic E-state index is 12.5.